The Bertz CT molecular complexity index is 1210. The predicted molar refractivity (Wildman–Crippen MR) is 149 cm³/mol. The molecule has 0 fully saturated rings. The lowest BCUT2D eigenvalue weighted by Gasteiger charge is -2.28. The summed E-state index contributed by atoms with van der Waals surface area (Å²) in [6.45, 7) is 5.02. The molecule has 4 rings (SSSR count). The van der Waals surface area contributed by atoms with Crippen LogP contribution >= 0.6 is 15.9 Å². The summed E-state index contributed by atoms with van der Waals surface area (Å²) in [6.07, 6.45) is 1.28. The van der Waals surface area contributed by atoms with Gasteiger partial charge in [0.05, 0.1) is 6.61 Å². The van der Waals surface area contributed by atoms with Crippen LogP contribution in [0.5, 0.6) is 5.75 Å². The van der Waals surface area contributed by atoms with Crippen LogP contribution in [0.4, 0.5) is 0 Å². The molecule has 194 valence electrons. The zero-order valence-electron chi connectivity index (χ0n) is 21.2. The highest BCUT2D eigenvalue weighted by molar-refractivity contribution is 9.10. The van der Waals surface area contributed by atoms with E-state index in [0.29, 0.717) is 37.6 Å². The molecule has 3 aromatic rings. The Balaban J connectivity index is 1.55. The van der Waals surface area contributed by atoms with E-state index < -0.39 is 11.6 Å². The maximum Gasteiger partial charge on any atom is 0.252 e. The lowest BCUT2D eigenvalue weighted by atomic mass is 9.86. The smallest absolute Gasteiger partial charge is 0.252 e. The number of carbonyl (C=O) groups excluding carboxylic acids is 1. The summed E-state index contributed by atoms with van der Waals surface area (Å²) < 4.78 is 12.8. The Morgan fingerprint density at radius 2 is 1.73 bits per heavy atom. The van der Waals surface area contributed by atoms with Crippen LogP contribution in [-0.4, -0.2) is 48.3 Å². The van der Waals surface area contributed by atoms with Crippen molar-refractivity contribution in [1.82, 2.24) is 5.32 Å². The van der Waals surface area contributed by atoms with Crippen LogP contribution in [0.25, 0.3) is 0 Å². The summed E-state index contributed by atoms with van der Waals surface area (Å²) >= 11 is 3.48. The molecule has 0 saturated heterocycles. The minimum Gasteiger partial charge on any atom is -0.494 e. The van der Waals surface area contributed by atoms with Crippen molar-refractivity contribution < 1.29 is 19.4 Å². The van der Waals surface area contributed by atoms with Crippen LogP contribution in [0, 0.1) is 6.92 Å². The van der Waals surface area contributed by atoms with Gasteiger partial charge < -0.3 is 19.9 Å². The lowest BCUT2D eigenvalue weighted by molar-refractivity contribution is -0.128. The number of ether oxygens (including phenoxy) is 2. The summed E-state index contributed by atoms with van der Waals surface area (Å²) in [5, 5.41) is 12.1. The molecule has 1 aliphatic rings. The van der Waals surface area contributed by atoms with Gasteiger partial charge in [-0.1, -0.05) is 57.9 Å². The third-order valence-corrected chi connectivity index (χ3v) is 7.06. The molecule has 3 aromatic carbocycles. The third kappa shape index (κ3) is 6.79. The molecule has 1 heterocycles. The van der Waals surface area contributed by atoms with Crippen molar-refractivity contribution >= 4 is 27.7 Å². The van der Waals surface area contributed by atoms with Crippen molar-refractivity contribution in [1.29, 1.82) is 0 Å². The fraction of sp³-hybridized carbons (Fsp3) is 0.333. The monoisotopic (exact) mass is 564 g/mol. The number of carbonyl (C=O) groups is 1. The number of aliphatic imine (C=N–C) groups is 1. The summed E-state index contributed by atoms with van der Waals surface area (Å²) in [4.78, 5) is 18.7. The first-order valence-corrected chi connectivity index (χ1v) is 13.4. The largest absolute Gasteiger partial charge is 0.494 e. The molecule has 6 nitrogen and oxygen atoms in total. The number of nitrogens with one attached hydrogen (secondary N) is 1. The van der Waals surface area contributed by atoms with Gasteiger partial charge in [-0.3, -0.25) is 4.79 Å². The van der Waals surface area contributed by atoms with E-state index in [0.717, 1.165) is 22.0 Å². The number of hydrogen-bond donors (Lipinski definition) is 2. The van der Waals surface area contributed by atoms with Crippen LogP contribution in [0.15, 0.2) is 82.3 Å². The van der Waals surface area contributed by atoms with Gasteiger partial charge in [-0.15, -0.1) is 0 Å². The van der Waals surface area contributed by atoms with E-state index in [2.05, 4.69) is 52.4 Å². The summed E-state index contributed by atoms with van der Waals surface area (Å²) in [6, 6.07) is 23.7. The fourth-order valence-electron chi connectivity index (χ4n) is 4.28. The Kier molecular flexibility index (Phi) is 9.00. The van der Waals surface area contributed by atoms with Crippen molar-refractivity contribution in [2.24, 2.45) is 4.99 Å². The normalized spacial score (nSPS) is 18.7. The molecular weight excluding hydrogens is 532 g/mol. The second-order valence-electron chi connectivity index (χ2n) is 9.35. The van der Waals surface area contributed by atoms with Crippen LogP contribution in [0.1, 0.15) is 35.6 Å². The molecule has 0 aromatic heterocycles. The number of aliphatic hydroxyl groups is 1. The van der Waals surface area contributed by atoms with Crippen LogP contribution in [-0.2, 0) is 22.4 Å². The van der Waals surface area contributed by atoms with Crippen LogP contribution in [0.2, 0.25) is 0 Å². The topological polar surface area (TPSA) is 80.2 Å². The SMILES string of the molecule is Cc1ccc(CCNC(=O)[C@]2(Cc3ccc(Br)cc3)N=C(c3ccc(OCCCO)cc3)O[C@@H]2C)cc1. The molecule has 2 atom stereocenters. The van der Waals surface area contributed by atoms with E-state index in [9.17, 15) is 4.79 Å². The van der Waals surface area contributed by atoms with Gasteiger partial charge in [0.25, 0.3) is 5.91 Å². The predicted octanol–water partition coefficient (Wildman–Crippen LogP) is 5.02. The molecule has 7 heteroatoms. The summed E-state index contributed by atoms with van der Waals surface area (Å²) in [7, 11) is 0. The second kappa shape index (κ2) is 12.4. The molecule has 37 heavy (non-hydrogen) atoms. The number of benzene rings is 3. The van der Waals surface area contributed by atoms with E-state index in [4.69, 9.17) is 19.6 Å². The van der Waals surface area contributed by atoms with Crippen molar-refractivity contribution in [2.75, 3.05) is 19.8 Å². The van der Waals surface area contributed by atoms with Crippen molar-refractivity contribution in [3.63, 3.8) is 0 Å². The molecule has 0 saturated carbocycles. The minimum absolute atomic E-state index is 0.0914. The van der Waals surface area contributed by atoms with Gasteiger partial charge in [-0.05, 0) is 67.8 Å². The number of amides is 1. The fourth-order valence-corrected chi connectivity index (χ4v) is 4.55. The van der Waals surface area contributed by atoms with Crippen LogP contribution < -0.4 is 10.1 Å². The lowest BCUT2D eigenvalue weighted by Crippen LogP contribution is -2.52. The molecule has 0 spiro atoms. The van der Waals surface area contributed by atoms with Gasteiger partial charge in [0.1, 0.15) is 11.9 Å². The average molecular weight is 566 g/mol. The maximum absolute atomic E-state index is 13.7. The maximum atomic E-state index is 13.7. The standard InChI is InChI=1S/C30H33BrN2O4/c1-21-4-6-23(7-5-21)16-17-32-29(35)30(20-24-8-12-26(31)13-9-24)22(2)37-28(33-30)25-10-14-27(15-11-25)36-19-3-18-34/h4-15,22,34H,3,16-20H2,1-2H3,(H,32,35)/t22-,30-/m1/s1. The number of aliphatic hydroxyl groups excluding tert-OH is 1. The van der Waals surface area contributed by atoms with E-state index in [1.165, 1.54) is 11.1 Å². The number of aryl methyl sites for hydroxylation is 1. The minimum atomic E-state index is -1.09. The number of nitrogens with zero attached hydrogens (tertiary/aromatic N) is 1. The van der Waals surface area contributed by atoms with Gasteiger partial charge in [0.2, 0.25) is 5.90 Å². The van der Waals surface area contributed by atoms with Gasteiger partial charge in [-0.25, -0.2) is 4.99 Å². The van der Waals surface area contributed by atoms with Crippen molar-refractivity contribution in [3.05, 3.63) is 99.5 Å². The second-order valence-corrected chi connectivity index (χ2v) is 10.3. The first kappa shape index (κ1) is 26.9. The third-order valence-electron chi connectivity index (χ3n) is 6.53. The molecule has 0 bridgehead atoms. The highest BCUT2D eigenvalue weighted by Crippen LogP contribution is 2.33. The number of hydrogen-bond acceptors (Lipinski definition) is 5. The average Bonchev–Trinajstić information content (AvgIpc) is 3.24. The number of rotatable bonds is 11. The molecule has 2 N–H and O–H groups in total. The van der Waals surface area contributed by atoms with Gasteiger partial charge >= 0.3 is 0 Å². The van der Waals surface area contributed by atoms with Gasteiger partial charge in [0.15, 0.2) is 5.54 Å². The van der Waals surface area contributed by atoms with E-state index in [1.54, 1.807) is 0 Å². The molecule has 0 unspecified atom stereocenters. The molecule has 1 aliphatic heterocycles. The highest BCUT2D eigenvalue weighted by Gasteiger charge is 2.50. The highest BCUT2D eigenvalue weighted by atomic mass is 79.9. The summed E-state index contributed by atoms with van der Waals surface area (Å²) in [5.41, 5.74) is 3.09. The van der Waals surface area contributed by atoms with Gasteiger partial charge in [-0.2, -0.15) is 0 Å². The molecule has 0 radical (unpaired) electrons. The first-order valence-electron chi connectivity index (χ1n) is 12.6. The van der Waals surface area contributed by atoms with Crippen molar-refractivity contribution in [3.8, 4) is 5.75 Å². The van der Waals surface area contributed by atoms with Gasteiger partial charge in [0, 0.05) is 36.0 Å². The summed E-state index contributed by atoms with van der Waals surface area (Å²) in [5.74, 6) is 1.01. The molecule has 1 amide bonds. The Hall–Kier alpha value is -3.16. The van der Waals surface area contributed by atoms with E-state index in [1.807, 2.05) is 55.5 Å². The Labute approximate surface area is 226 Å². The zero-order valence-corrected chi connectivity index (χ0v) is 22.8. The first-order chi connectivity index (χ1) is 17.9. The molecular formula is C30H33BrN2O4. The van der Waals surface area contributed by atoms with E-state index in [-0.39, 0.29) is 12.5 Å². The zero-order chi connectivity index (χ0) is 26.3. The quantitative estimate of drug-likeness (QED) is 0.320. The Morgan fingerprint density at radius 3 is 2.41 bits per heavy atom. The molecule has 0 aliphatic carbocycles. The van der Waals surface area contributed by atoms with Crippen molar-refractivity contribution in [2.45, 2.75) is 44.8 Å². The van der Waals surface area contributed by atoms with E-state index >= 15 is 0 Å². The van der Waals surface area contributed by atoms with Crippen LogP contribution in [0.3, 0.4) is 0 Å². The Morgan fingerprint density at radius 1 is 1.05 bits per heavy atom. The number of halogens is 1.